The fraction of sp³-hybridized carbons (Fsp3) is 0.0426. The smallest absolute Gasteiger partial charge is 0.163 e. The van der Waals surface area contributed by atoms with Gasteiger partial charge in [-0.2, -0.15) is 0 Å². The molecular formula is C47H29N3O2. The van der Waals surface area contributed by atoms with Crippen LogP contribution in [-0.4, -0.2) is 15.0 Å². The maximum atomic E-state index is 6.60. The second kappa shape index (κ2) is 11.3. The van der Waals surface area contributed by atoms with E-state index in [4.69, 9.17) is 23.8 Å². The SMILES string of the molecule is C1=Cc2oc3cccc(-c4ccc5ccc6ccccc6c5c4)c3c2C(c2nc(-c3ccccc3)nc(-c3ccc4oc5ccccc5c4c3)n2)C1. The number of fused-ring (bicyclic) bond motifs is 9. The highest BCUT2D eigenvalue weighted by atomic mass is 16.3. The molecule has 1 aliphatic rings. The van der Waals surface area contributed by atoms with E-state index in [1.54, 1.807) is 0 Å². The fourth-order valence-corrected chi connectivity index (χ4v) is 7.99. The Labute approximate surface area is 298 Å². The molecule has 7 aromatic carbocycles. The van der Waals surface area contributed by atoms with E-state index in [1.165, 1.54) is 21.5 Å². The molecule has 0 fully saturated rings. The van der Waals surface area contributed by atoms with Crippen LogP contribution in [0.1, 0.15) is 29.5 Å². The van der Waals surface area contributed by atoms with Crippen LogP contribution in [0.2, 0.25) is 0 Å². The Hall–Kier alpha value is -6.85. The molecule has 244 valence electrons. The monoisotopic (exact) mass is 667 g/mol. The van der Waals surface area contributed by atoms with Crippen molar-refractivity contribution in [2.75, 3.05) is 0 Å². The number of hydrogen-bond acceptors (Lipinski definition) is 5. The Kier molecular flexibility index (Phi) is 6.31. The third kappa shape index (κ3) is 4.53. The molecule has 0 amide bonds. The Morgan fingerprint density at radius 3 is 2.08 bits per heavy atom. The zero-order valence-corrected chi connectivity index (χ0v) is 28.0. The molecule has 10 aromatic rings. The van der Waals surface area contributed by atoms with Gasteiger partial charge in [-0.3, -0.25) is 0 Å². The van der Waals surface area contributed by atoms with Gasteiger partial charge in [-0.25, -0.2) is 15.0 Å². The zero-order valence-electron chi connectivity index (χ0n) is 28.0. The van der Waals surface area contributed by atoms with Gasteiger partial charge < -0.3 is 8.83 Å². The van der Waals surface area contributed by atoms with Gasteiger partial charge in [0.2, 0.25) is 0 Å². The van der Waals surface area contributed by atoms with Crippen LogP contribution in [0.4, 0.5) is 0 Å². The van der Waals surface area contributed by atoms with Crippen molar-refractivity contribution in [3.63, 3.8) is 0 Å². The fourth-order valence-electron chi connectivity index (χ4n) is 7.99. The summed E-state index contributed by atoms with van der Waals surface area (Å²) in [6, 6.07) is 50.6. The summed E-state index contributed by atoms with van der Waals surface area (Å²) >= 11 is 0. The molecule has 0 saturated heterocycles. The van der Waals surface area contributed by atoms with E-state index in [1.807, 2.05) is 48.5 Å². The summed E-state index contributed by atoms with van der Waals surface area (Å²) < 4.78 is 12.8. The summed E-state index contributed by atoms with van der Waals surface area (Å²) in [7, 11) is 0. The van der Waals surface area contributed by atoms with Crippen LogP contribution in [0.15, 0.2) is 161 Å². The van der Waals surface area contributed by atoms with Crippen LogP contribution in [0, 0.1) is 0 Å². The standard InChI is InChI=1S/C47H29N3O2/c1-2-11-30(12-3-1)45-48-46(32-24-25-40-38(27-32)35-14-6-7-17-39(35)51-40)50-47(49-45)36-16-9-19-42-44(36)43-34(15-8-18-41(43)52-42)31-23-22-29-21-20-28-10-4-5-13-33(28)37(29)26-31/h1-15,17-27,36H,16H2. The molecule has 0 radical (unpaired) electrons. The van der Waals surface area contributed by atoms with E-state index in [0.717, 1.165) is 72.9 Å². The maximum Gasteiger partial charge on any atom is 0.163 e. The van der Waals surface area contributed by atoms with E-state index >= 15 is 0 Å². The number of para-hydroxylation sites is 1. The molecule has 5 nitrogen and oxygen atoms in total. The van der Waals surface area contributed by atoms with Gasteiger partial charge in [0, 0.05) is 32.8 Å². The lowest BCUT2D eigenvalue weighted by Gasteiger charge is -2.19. The predicted octanol–water partition coefficient (Wildman–Crippen LogP) is 12.4. The van der Waals surface area contributed by atoms with Crippen LogP contribution in [0.25, 0.3) is 94.4 Å². The van der Waals surface area contributed by atoms with Crippen molar-refractivity contribution in [3.05, 3.63) is 169 Å². The molecule has 1 atom stereocenters. The summed E-state index contributed by atoms with van der Waals surface area (Å²) in [4.78, 5) is 15.5. The molecule has 5 heteroatoms. The van der Waals surface area contributed by atoms with E-state index in [2.05, 4.69) is 109 Å². The van der Waals surface area contributed by atoms with Crippen LogP contribution < -0.4 is 0 Å². The van der Waals surface area contributed by atoms with Crippen molar-refractivity contribution in [2.45, 2.75) is 12.3 Å². The molecule has 3 heterocycles. The lowest BCUT2D eigenvalue weighted by Crippen LogP contribution is -2.12. The first-order valence-corrected chi connectivity index (χ1v) is 17.6. The number of benzene rings is 7. The van der Waals surface area contributed by atoms with Gasteiger partial charge in [0.25, 0.3) is 0 Å². The van der Waals surface area contributed by atoms with Crippen molar-refractivity contribution in [2.24, 2.45) is 0 Å². The summed E-state index contributed by atoms with van der Waals surface area (Å²) in [5, 5.41) is 8.13. The van der Waals surface area contributed by atoms with E-state index in [-0.39, 0.29) is 5.92 Å². The van der Waals surface area contributed by atoms with Crippen molar-refractivity contribution in [3.8, 4) is 33.9 Å². The van der Waals surface area contributed by atoms with Crippen molar-refractivity contribution < 1.29 is 8.83 Å². The summed E-state index contributed by atoms with van der Waals surface area (Å²) in [6.07, 6.45) is 5.01. The zero-order chi connectivity index (χ0) is 34.2. The van der Waals surface area contributed by atoms with Gasteiger partial charge in [0.1, 0.15) is 28.3 Å². The topological polar surface area (TPSA) is 65.0 Å². The first-order valence-electron chi connectivity index (χ1n) is 17.6. The molecule has 1 unspecified atom stereocenters. The third-order valence-electron chi connectivity index (χ3n) is 10.5. The highest BCUT2D eigenvalue weighted by Gasteiger charge is 2.30. The van der Waals surface area contributed by atoms with Gasteiger partial charge in [0.05, 0.1) is 5.92 Å². The van der Waals surface area contributed by atoms with E-state index < -0.39 is 0 Å². The van der Waals surface area contributed by atoms with Gasteiger partial charge in [0.15, 0.2) is 11.6 Å². The molecular weight excluding hydrogens is 639 g/mol. The van der Waals surface area contributed by atoms with Crippen molar-refractivity contribution in [1.82, 2.24) is 15.0 Å². The molecule has 11 rings (SSSR count). The second-order valence-electron chi connectivity index (χ2n) is 13.5. The van der Waals surface area contributed by atoms with Gasteiger partial charge in [-0.1, -0.05) is 115 Å². The van der Waals surface area contributed by atoms with Crippen LogP contribution >= 0.6 is 0 Å². The molecule has 0 saturated carbocycles. The lowest BCUT2D eigenvalue weighted by atomic mass is 9.85. The summed E-state index contributed by atoms with van der Waals surface area (Å²) in [5.74, 6) is 2.68. The lowest BCUT2D eigenvalue weighted by molar-refractivity contribution is 0.586. The summed E-state index contributed by atoms with van der Waals surface area (Å²) in [5.41, 5.74) is 7.79. The number of furan rings is 2. The van der Waals surface area contributed by atoms with Crippen molar-refractivity contribution in [1.29, 1.82) is 0 Å². The minimum Gasteiger partial charge on any atom is -0.456 e. The number of nitrogens with zero attached hydrogens (tertiary/aromatic N) is 3. The predicted molar refractivity (Wildman–Crippen MR) is 210 cm³/mol. The van der Waals surface area contributed by atoms with Crippen LogP contribution in [0.5, 0.6) is 0 Å². The largest absolute Gasteiger partial charge is 0.456 e. The molecule has 0 bridgehead atoms. The van der Waals surface area contributed by atoms with Gasteiger partial charge >= 0.3 is 0 Å². The van der Waals surface area contributed by atoms with E-state index in [9.17, 15) is 0 Å². The minimum absolute atomic E-state index is 0.147. The molecule has 3 aromatic heterocycles. The first-order chi connectivity index (χ1) is 25.7. The number of hydrogen-bond donors (Lipinski definition) is 0. The molecule has 52 heavy (non-hydrogen) atoms. The average Bonchev–Trinajstić information content (AvgIpc) is 3.79. The molecule has 0 N–H and O–H groups in total. The maximum absolute atomic E-state index is 6.60. The number of aromatic nitrogens is 3. The normalized spacial score (nSPS) is 14.2. The minimum atomic E-state index is -0.147. The van der Waals surface area contributed by atoms with E-state index in [0.29, 0.717) is 17.5 Å². The second-order valence-corrected chi connectivity index (χ2v) is 13.5. The Morgan fingerprint density at radius 2 is 1.17 bits per heavy atom. The Morgan fingerprint density at radius 1 is 0.481 bits per heavy atom. The highest BCUT2D eigenvalue weighted by molar-refractivity contribution is 6.10. The van der Waals surface area contributed by atoms with Gasteiger partial charge in [-0.15, -0.1) is 0 Å². The first kappa shape index (κ1) is 28.9. The number of rotatable bonds is 4. The average molecular weight is 668 g/mol. The highest BCUT2D eigenvalue weighted by Crippen LogP contribution is 2.45. The van der Waals surface area contributed by atoms with Crippen molar-refractivity contribution >= 4 is 60.5 Å². The summed E-state index contributed by atoms with van der Waals surface area (Å²) in [6.45, 7) is 0. The molecule has 0 spiro atoms. The Bertz CT molecular complexity index is 3060. The quantitative estimate of drug-likeness (QED) is 0.175. The molecule has 1 aliphatic carbocycles. The molecule has 0 aliphatic heterocycles. The third-order valence-corrected chi connectivity index (χ3v) is 10.5. The van der Waals surface area contributed by atoms with Crippen LogP contribution in [0.3, 0.4) is 0 Å². The Balaban J connectivity index is 1.12. The number of allylic oxidation sites excluding steroid dienone is 1. The van der Waals surface area contributed by atoms with Crippen LogP contribution in [-0.2, 0) is 0 Å². The van der Waals surface area contributed by atoms with Gasteiger partial charge in [-0.05, 0) is 81.6 Å².